The van der Waals surface area contributed by atoms with Crippen LogP contribution in [0.15, 0.2) is 12.3 Å². The third-order valence-electron chi connectivity index (χ3n) is 4.58. The molecule has 0 spiro atoms. The number of nitrogens with one attached hydrogen (secondary N) is 2. The maximum absolute atomic E-state index is 13.9. The molecule has 8 heteroatoms. The van der Waals surface area contributed by atoms with Crippen LogP contribution in [0.5, 0.6) is 5.88 Å². The van der Waals surface area contributed by atoms with Crippen LogP contribution in [0.3, 0.4) is 0 Å². The van der Waals surface area contributed by atoms with Gasteiger partial charge in [0.15, 0.2) is 11.6 Å². The van der Waals surface area contributed by atoms with E-state index in [4.69, 9.17) is 4.74 Å². The summed E-state index contributed by atoms with van der Waals surface area (Å²) in [5, 5.41) is 20.6. The van der Waals surface area contributed by atoms with Crippen molar-refractivity contribution in [2.45, 2.75) is 45.1 Å². The molecule has 1 aliphatic rings. The van der Waals surface area contributed by atoms with Crippen molar-refractivity contribution in [3.8, 4) is 5.88 Å². The molecule has 1 aliphatic carbocycles. The van der Waals surface area contributed by atoms with Crippen LogP contribution in [0, 0.1) is 11.7 Å². The highest BCUT2D eigenvalue weighted by molar-refractivity contribution is 5.46. The lowest BCUT2D eigenvalue weighted by Gasteiger charge is -2.16. The molecule has 2 aromatic rings. The van der Waals surface area contributed by atoms with Crippen molar-refractivity contribution in [1.29, 1.82) is 0 Å². The number of nitrogens with zero attached hydrogens (tertiary/aromatic N) is 3. The Labute approximate surface area is 146 Å². The van der Waals surface area contributed by atoms with E-state index in [1.165, 1.54) is 0 Å². The zero-order chi connectivity index (χ0) is 17.8. The van der Waals surface area contributed by atoms with Crippen molar-refractivity contribution < 1.29 is 14.2 Å². The zero-order valence-corrected chi connectivity index (χ0v) is 14.5. The lowest BCUT2D eigenvalue weighted by atomic mass is 10.0. The summed E-state index contributed by atoms with van der Waals surface area (Å²) in [5.41, 5.74) is 0.334. The number of aryl methyl sites for hydroxylation is 1. The van der Waals surface area contributed by atoms with Crippen LogP contribution in [-0.4, -0.2) is 44.5 Å². The fourth-order valence-electron chi connectivity index (χ4n) is 3.21. The van der Waals surface area contributed by atoms with Gasteiger partial charge in [0.1, 0.15) is 5.82 Å². The first-order valence-corrected chi connectivity index (χ1v) is 8.72. The van der Waals surface area contributed by atoms with Crippen LogP contribution < -0.4 is 10.1 Å². The average molecular weight is 349 g/mol. The topological polar surface area (TPSA) is 96.0 Å². The van der Waals surface area contributed by atoms with Crippen LogP contribution in [0.4, 0.5) is 10.1 Å². The molecule has 3 atom stereocenters. The third-order valence-corrected chi connectivity index (χ3v) is 4.58. The molecule has 2 heterocycles. The van der Waals surface area contributed by atoms with E-state index in [9.17, 15) is 9.50 Å². The number of aliphatic hydroxyl groups is 1. The quantitative estimate of drug-likeness (QED) is 0.710. The van der Waals surface area contributed by atoms with Crippen molar-refractivity contribution >= 4 is 5.69 Å². The van der Waals surface area contributed by atoms with Gasteiger partial charge >= 0.3 is 0 Å². The van der Waals surface area contributed by atoms with Crippen LogP contribution in [0.2, 0.25) is 0 Å². The minimum Gasteiger partial charge on any atom is -0.478 e. The number of H-pyrrole nitrogens is 1. The predicted molar refractivity (Wildman–Crippen MR) is 91.1 cm³/mol. The number of aliphatic hydroxyl groups excluding tert-OH is 1. The summed E-state index contributed by atoms with van der Waals surface area (Å²) in [6.07, 6.45) is 2.87. The SMILES string of the molecule is CCOc1cc(NC[C@H]2C[C@H](c3n[nH]c(CC)n3)C[C@H]2O)c(F)cn1. The van der Waals surface area contributed by atoms with Gasteiger partial charge in [-0.15, -0.1) is 0 Å². The van der Waals surface area contributed by atoms with Crippen LogP contribution in [0.1, 0.15) is 44.3 Å². The lowest BCUT2D eigenvalue weighted by molar-refractivity contribution is 0.137. The first-order chi connectivity index (χ1) is 12.1. The lowest BCUT2D eigenvalue weighted by Crippen LogP contribution is -2.22. The van der Waals surface area contributed by atoms with E-state index in [1.807, 2.05) is 13.8 Å². The molecule has 2 aromatic heterocycles. The molecule has 0 aromatic carbocycles. The normalized spacial score (nSPS) is 23.0. The number of ether oxygens (including phenoxy) is 1. The highest BCUT2D eigenvalue weighted by Crippen LogP contribution is 2.37. The maximum atomic E-state index is 13.9. The molecule has 1 saturated carbocycles. The first kappa shape index (κ1) is 17.6. The van der Waals surface area contributed by atoms with Gasteiger partial charge in [0.25, 0.3) is 0 Å². The molecule has 1 fully saturated rings. The third kappa shape index (κ3) is 4.07. The second-order valence-corrected chi connectivity index (χ2v) is 6.31. The van der Waals surface area contributed by atoms with Crippen molar-refractivity contribution in [3.05, 3.63) is 29.7 Å². The summed E-state index contributed by atoms with van der Waals surface area (Å²) in [5.74, 6) is 1.69. The van der Waals surface area contributed by atoms with E-state index < -0.39 is 11.9 Å². The Bertz CT molecular complexity index is 708. The van der Waals surface area contributed by atoms with E-state index >= 15 is 0 Å². The summed E-state index contributed by atoms with van der Waals surface area (Å²) >= 11 is 0. The highest BCUT2D eigenvalue weighted by Gasteiger charge is 2.35. The monoisotopic (exact) mass is 349 g/mol. The highest BCUT2D eigenvalue weighted by atomic mass is 19.1. The molecule has 0 radical (unpaired) electrons. The Kier molecular flexibility index (Phi) is 5.47. The fraction of sp³-hybridized carbons (Fsp3) is 0.588. The molecule has 0 aliphatic heterocycles. The molecule has 3 N–H and O–H groups in total. The Morgan fingerprint density at radius 3 is 2.96 bits per heavy atom. The van der Waals surface area contributed by atoms with Crippen LogP contribution in [0.25, 0.3) is 0 Å². The molecule has 0 amide bonds. The number of hydrogen-bond donors (Lipinski definition) is 3. The minimum absolute atomic E-state index is 0.0108. The fourth-order valence-corrected chi connectivity index (χ4v) is 3.21. The number of rotatable bonds is 7. The van der Waals surface area contributed by atoms with Crippen molar-refractivity contribution in [3.63, 3.8) is 0 Å². The van der Waals surface area contributed by atoms with Gasteiger partial charge in [-0.1, -0.05) is 6.92 Å². The van der Waals surface area contributed by atoms with Gasteiger partial charge < -0.3 is 15.2 Å². The summed E-state index contributed by atoms with van der Waals surface area (Å²) in [6.45, 7) is 4.80. The molecule has 136 valence electrons. The average Bonchev–Trinajstić information content (AvgIpc) is 3.22. The Morgan fingerprint density at radius 1 is 1.40 bits per heavy atom. The number of aromatic amines is 1. The summed E-state index contributed by atoms with van der Waals surface area (Å²) < 4.78 is 19.2. The standard InChI is InChI=1S/C17H24FN5O2/c1-3-15-21-17(23-22-15)10-5-11(14(24)6-10)8-19-13-7-16(25-4-2)20-9-12(13)18/h7,9-11,14,24H,3-6,8H2,1-2H3,(H,19,20)(H,21,22,23)/t10-,11+,14+/m0/s1. The van der Waals surface area contributed by atoms with Gasteiger partial charge in [-0.25, -0.2) is 14.4 Å². The number of aromatic nitrogens is 4. The maximum Gasteiger partial charge on any atom is 0.215 e. The molecule has 0 unspecified atom stereocenters. The number of halogens is 1. The molecular formula is C17H24FN5O2. The van der Waals surface area contributed by atoms with E-state index in [2.05, 4.69) is 25.5 Å². The Morgan fingerprint density at radius 2 is 2.24 bits per heavy atom. The van der Waals surface area contributed by atoms with Crippen molar-refractivity contribution in [1.82, 2.24) is 20.2 Å². The molecule has 0 bridgehead atoms. The van der Waals surface area contributed by atoms with E-state index in [0.29, 0.717) is 31.1 Å². The minimum atomic E-state index is -0.461. The Hall–Kier alpha value is -2.22. The van der Waals surface area contributed by atoms with Gasteiger partial charge in [0, 0.05) is 30.9 Å². The van der Waals surface area contributed by atoms with Gasteiger partial charge in [-0.3, -0.25) is 5.10 Å². The van der Waals surface area contributed by atoms with Gasteiger partial charge in [-0.2, -0.15) is 5.10 Å². The summed E-state index contributed by atoms with van der Waals surface area (Å²) in [4.78, 5) is 8.34. The van der Waals surface area contributed by atoms with E-state index in [0.717, 1.165) is 30.7 Å². The smallest absolute Gasteiger partial charge is 0.215 e. The largest absolute Gasteiger partial charge is 0.478 e. The zero-order valence-electron chi connectivity index (χ0n) is 14.5. The predicted octanol–water partition coefficient (Wildman–Crippen LogP) is 2.27. The molecule has 7 nitrogen and oxygen atoms in total. The number of pyridine rings is 1. The molecule has 25 heavy (non-hydrogen) atoms. The number of hydrogen-bond acceptors (Lipinski definition) is 6. The van der Waals surface area contributed by atoms with Gasteiger partial charge in [-0.05, 0) is 19.8 Å². The van der Waals surface area contributed by atoms with Crippen molar-refractivity contribution in [2.75, 3.05) is 18.5 Å². The summed E-state index contributed by atoms with van der Waals surface area (Å²) in [6, 6.07) is 1.54. The Balaban J connectivity index is 1.61. The van der Waals surface area contributed by atoms with Crippen LogP contribution in [-0.2, 0) is 6.42 Å². The van der Waals surface area contributed by atoms with Gasteiger partial charge in [0.05, 0.1) is 24.6 Å². The van der Waals surface area contributed by atoms with E-state index in [-0.39, 0.29) is 11.8 Å². The second-order valence-electron chi connectivity index (χ2n) is 6.31. The molecule has 0 saturated heterocycles. The van der Waals surface area contributed by atoms with Crippen molar-refractivity contribution in [2.24, 2.45) is 5.92 Å². The first-order valence-electron chi connectivity index (χ1n) is 8.72. The van der Waals surface area contributed by atoms with E-state index in [1.54, 1.807) is 6.07 Å². The molecule has 3 rings (SSSR count). The second kappa shape index (κ2) is 7.77. The van der Waals surface area contributed by atoms with Crippen LogP contribution >= 0.6 is 0 Å². The molecular weight excluding hydrogens is 325 g/mol. The van der Waals surface area contributed by atoms with Gasteiger partial charge in [0.2, 0.25) is 5.88 Å². The number of anilines is 1. The summed E-state index contributed by atoms with van der Waals surface area (Å²) in [7, 11) is 0.